The highest BCUT2D eigenvalue weighted by Crippen LogP contribution is 2.32. The molecule has 0 spiro atoms. The van der Waals surface area contributed by atoms with E-state index in [-0.39, 0.29) is 0 Å². The number of para-hydroxylation sites is 1. The molecule has 1 N–H and O–H groups in total. The van der Waals surface area contributed by atoms with E-state index in [1.54, 1.807) is 6.20 Å². The lowest BCUT2D eigenvalue weighted by Gasteiger charge is -2.09. The molecule has 20 heavy (non-hydrogen) atoms. The van der Waals surface area contributed by atoms with Gasteiger partial charge in [-0.25, -0.2) is 4.98 Å². The SMILES string of the molecule is Clc1cc(CNC2CC2)cnc1Oc1ccccc1Br. The Morgan fingerprint density at radius 2 is 2.15 bits per heavy atom. The zero-order valence-electron chi connectivity index (χ0n) is 10.8. The Balaban J connectivity index is 1.71. The molecule has 3 nitrogen and oxygen atoms in total. The molecule has 3 rings (SSSR count). The van der Waals surface area contributed by atoms with Crippen molar-refractivity contribution in [2.45, 2.75) is 25.4 Å². The van der Waals surface area contributed by atoms with Crippen LogP contribution in [0.1, 0.15) is 18.4 Å². The fourth-order valence-corrected chi connectivity index (χ4v) is 2.41. The summed E-state index contributed by atoms with van der Waals surface area (Å²) in [6.07, 6.45) is 4.34. The first-order valence-electron chi connectivity index (χ1n) is 6.52. The van der Waals surface area contributed by atoms with Crippen LogP contribution in [0.3, 0.4) is 0 Å². The van der Waals surface area contributed by atoms with Crippen molar-refractivity contribution in [3.63, 3.8) is 0 Å². The zero-order valence-corrected chi connectivity index (χ0v) is 13.1. The van der Waals surface area contributed by atoms with Gasteiger partial charge < -0.3 is 10.1 Å². The molecule has 0 saturated heterocycles. The largest absolute Gasteiger partial charge is 0.436 e. The second-order valence-corrected chi connectivity index (χ2v) is 6.08. The summed E-state index contributed by atoms with van der Waals surface area (Å²) >= 11 is 9.67. The third kappa shape index (κ3) is 3.51. The van der Waals surface area contributed by atoms with Crippen molar-refractivity contribution >= 4 is 27.5 Å². The maximum absolute atomic E-state index is 6.23. The fraction of sp³-hybridized carbons (Fsp3) is 0.267. The molecule has 1 aliphatic carbocycles. The molecule has 2 aromatic rings. The lowest BCUT2D eigenvalue weighted by molar-refractivity contribution is 0.459. The van der Waals surface area contributed by atoms with E-state index in [0.717, 1.165) is 16.6 Å². The molecule has 104 valence electrons. The molecule has 5 heteroatoms. The average Bonchev–Trinajstić information content (AvgIpc) is 3.26. The van der Waals surface area contributed by atoms with Crippen molar-refractivity contribution < 1.29 is 4.74 Å². The molecule has 1 heterocycles. The van der Waals surface area contributed by atoms with Gasteiger partial charge in [-0.2, -0.15) is 0 Å². The Morgan fingerprint density at radius 3 is 2.85 bits per heavy atom. The highest BCUT2D eigenvalue weighted by atomic mass is 79.9. The van der Waals surface area contributed by atoms with E-state index in [2.05, 4.69) is 26.2 Å². The Kier molecular flexibility index (Phi) is 4.24. The van der Waals surface area contributed by atoms with E-state index in [4.69, 9.17) is 16.3 Å². The van der Waals surface area contributed by atoms with Gasteiger partial charge in [-0.1, -0.05) is 23.7 Å². The Bertz CT molecular complexity index is 617. The minimum Gasteiger partial charge on any atom is -0.436 e. The van der Waals surface area contributed by atoms with Gasteiger partial charge in [0, 0.05) is 18.8 Å². The van der Waals surface area contributed by atoms with Gasteiger partial charge in [-0.15, -0.1) is 0 Å². The maximum Gasteiger partial charge on any atom is 0.238 e. The molecular formula is C15H14BrClN2O. The normalized spacial score (nSPS) is 14.3. The lowest BCUT2D eigenvalue weighted by Crippen LogP contribution is -2.15. The van der Waals surface area contributed by atoms with Gasteiger partial charge in [-0.05, 0) is 52.5 Å². The molecule has 0 unspecified atom stereocenters. The number of rotatable bonds is 5. The van der Waals surface area contributed by atoms with Gasteiger partial charge in [0.05, 0.1) is 4.47 Å². The summed E-state index contributed by atoms with van der Waals surface area (Å²) in [6, 6.07) is 10.2. The number of hydrogen-bond acceptors (Lipinski definition) is 3. The molecule has 1 aliphatic rings. The number of benzene rings is 1. The molecule has 0 aliphatic heterocycles. The number of nitrogens with one attached hydrogen (secondary N) is 1. The number of nitrogens with zero attached hydrogens (tertiary/aromatic N) is 1. The van der Waals surface area contributed by atoms with Crippen molar-refractivity contribution in [1.29, 1.82) is 0 Å². The summed E-state index contributed by atoms with van der Waals surface area (Å²) in [5.41, 5.74) is 1.07. The fourth-order valence-electron chi connectivity index (χ4n) is 1.82. The van der Waals surface area contributed by atoms with Gasteiger partial charge in [-0.3, -0.25) is 0 Å². The molecule has 1 aromatic carbocycles. The van der Waals surface area contributed by atoms with Gasteiger partial charge in [0.15, 0.2) is 0 Å². The maximum atomic E-state index is 6.23. The van der Waals surface area contributed by atoms with Crippen LogP contribution in [0, 0.1) is 0 Å². The summed E-state index contributed by atoms with van der Waals surface area (Å²) in [4.78, 5) is 4.30. The van der Waals surface area contributed by atoms with Crippen LogP contribution in [-0.4, -0.2) is 11.0 Å². The molecule has 0 bridgehead atoms. The van der Waals surface area contributed by atoms with Crippen LogP contribution >= 0.6 is 27.5 Å². The molecule has 0 radical (unpaired) electrons. The van der Waals surface area contributed by atoms with E-state index in [1.165, 1.54) is 12.8 Å². The molecule has 0 atom stereocenters. The summed E-state index contributed by atoms with van der Waals surface area (Å²) in [7, 11) is 0. The van der Waals surface area contributed by atoms with E-state index in [0.29, 0.717) is 22.7 Å². The topological polar surface area (TPSA) is 34.2 Å². The number of pyridine rings is 1. The smallest absolute Gasteiger partial charge is 0.238 e. The summed E-state index contributed by atoms with van der Waals surface area (Å²) in [6.45, 7) is 0.798. The van der Waals surface area contributed by atoms with E-state index >= 15 is 0 Å². The quantitative estimate of drug-likeness (QED) is 0.857. The minimum absolute atomic E-state index is 0.425. The number of hydrogen-bond donors (Lipinski definition) is 1. The second kappa shape index (κ2) is 6.12. The van der Waals surface area contributed by atoms with E-state index < -0.39 is 0 Å². The van der Waals surface area contributed by atoms with Crippen LogP contribution in [-0.2, 0) is 6.54 Å². The van der Waals surface area contributed by atoms with Crippen molar-refractivity contribution in [3.8, 4) is 11.6 Å². The first-order chi connectivity index (χ1) is 9.72. The third-order valence-electron chi connectivity index (χ3n) is 3.08. The second-order valence-electron chi connectivity index (χ2n) is 4.82. The lowest BCUT2D eigenvalue weighted by atomic mass is 10.3. The van der Waals surface area contributed by atoms with Crippen LogP contribution < -0.4 is 10.1 Å². The summed E-state index contributed by atoms with van der Waals surface area (Å²) < 4.78 is 6.60. The van der Waals surface area contributed by atoms with Gasteiger partial charge in [0.2, 0.25) is 5.88 Å². The van der Waals surface area contributed by atoms with Gasteiger partial charge in [0.1, 0.15) is 10.8 Å². The van der Waals surface area contributed by atoms with Crippen molar-refractivity contribution in [3.05, 3.63) is 51.6 Å². The van der Waals surface area contributed by atoms with Crippen LogP contribution in [0.2, 0.25) is 5.02 Å². The number of aromatic nitrogens is 1. The molecule has 0 amide bonds. The Hall–Kier alpha value is -1.10. The Labute approximate surface area is 131 Å². The predicted octanol–water partition coefficient (Wildman–Crippen LogP) is 4.54. The number of halogens is 2. The van der Waals surface area contributed by atoms with Crippen molar-refractivity contribution in [2.24, 2.45) is 0 Å². The van der Waals surface area contributed by atoms with Crippen LogP contribution in [0.5, 0.6) is 11.6 Å². The first kappa shape index (κ1) is 13.9. The molecule has 1 saturated carbocycles. The number of ether oxygens (including phenoxy) is 1. The van der Waals surface area contributed by atoms with Crippen molar-refractivity contribution in [1.82, 2.24) is 10.3 Å². The zero-order chi connectivity index (χ0) is 13.9. The summed E-state index contributed by atoms with van der Waals surface area (Å²) in [5, 5.41) is 3.96. The molecular weight excluding hydrogens is 340 g/mol. The van der Waals surface area contributed by atoms with E-state index in [9.17, 15) is 0 Å². The van der Waals surface area contributed by atoms with E-state index in [1.807, 2.05) is 30.3 Å². The average molecular weight is 354 g/mol. The predicted molar refractivity (Wildman–Crippen MR) is 83.3 cm³/mol. The third-order valence-corrected chi connectivity index (χ3v) is 4.01. The molecule has 1 aromatic heterocycles. The van der Waals surface area contributed by atoms with Gasteiger partial charge in [0.25, 0.3) is 0 Å². The standard InChI is InChI=1S/C15H14BrClN2O/c16-12-3-1-2-4-14(12)20-15-13(17)7-10(9-19-15)8-18-11-5-6-11/h1-4,7,9,11,18H,5-6,8H2. The monoisotopic (exact) mass is 352 g/mol. The highest BCUT2D eigenvalue weighted by Gasteiger charge is 2.20. The summed E-state index contributed by atoms with van der Waals surface area (Å²) in [5.74, 6) is 1.12. The Morgan fingerprint density at radius 1 is 1.35 bits per heavy atom. The molecule has 1 fully saturated rings. The van der Waals surface area contributed by atoms with Crippen LogP contribution in [0.4, 0.5) is 0 Å². The van der Waals surface area contributed by atoms with Crippen molar-refractivity contribution in [2.75, 3.05) is 0 Å². The minimum atomic E-state index is 0.425. The van der Waals surface area contributed by atoms with Crippen LogP contribution in [0.15, 0.2) is 41.0 Å². The van der Waals surface area contributed by atoms with Crippen LogP contribution in [0.25, 0.3) is 0 Å². The van der Waals surface area contributed by atoms with Gasteiger partial charge >= 0.3 is 0 Å². The highest BCUT2D eigenvalue weighted by molar-refractivity contribution is 9.10. The first-order valence-corrected chi connectivity index (χ1v) is 7.69.